The molecule has 3 rings (SSSR count). The van der Waals surface area contributed by atoms with Crippen LogP contribution in [0.4, 0.5) is 0 Å². The Morgan fingerprint density at radius 3 is 2.29 bits per heavy atom. The second-order valence-electron chi connectivity index (χ2n) is 9.15. The number of hydrogen-bond acceptors (Lipinski definition) is 7. The summed E-state index contributed by atoms with van der Waals surface area (Å²) < 4.78 is 10.5. The van der Waals surface area contributed by atoms with Gasteiger partial charge in [-0.2, -0.15) is 0 Å². The van der Waals surface area contributed by atoms with E-state index in [-0.39, 0.29) is 54.6 Å². The van der Waals surface area contributed by atoms with Crippen molar-refractivity contribution in [2.45, 2.75) is 39.1 Å². The molecule has 0 saturated carbocycles. The lowest BCUT2D eigenvalue weighted by Crippen LogP contribution is -2.73. The monoisotopic (exact) mass is 514 g/mol. The van der Waals surface area contributed by atoms with Gasteiger partial charge in [0.2, 0.25) is 5.91 Å². The molecule has 2 heterocycles. The molecular formula is C21H25BCl2N2O8. The molecule has 2 aliphatic heterocycles. The number of benzene rings is 1. The fourth-order valence-corrected chi connectivity index (χ4v) is 5.17. The molecule has 0 aromatic heterocycles. The van der Waals surface area contributed by atoms with Crippen LogP contribution in [0.25, 0.3) is 0 Å². The van der Waals surface area contributed by atoms with Gasteiger partial charge in [0.1, 0.15) is 19.6 Å². The first-order chi connectivity index (χ1) is 15.9. The maximum atomic E-state index is 12.8. The van der Waals surface area contributed by atoms with Crippen LogP contribution in [0.2, 0.25) is 10.0 Å². The minimum absolute atomic E-state index is 0.0289. The molecule has 1 amide bonds. The van der Waals surface area contributed by atoms with Gasteiger partial charge < -0.3 is 24.1 Å². The van der Waals surface area contributed by atoms with Gasteiger partial charge in [-0.15, -0.1) is 0 Å². The van der Waals surface area contributed by atoms with Crippen molar-refractivity contribution >= 4 is 59.5 Å². The predicted molar refractivity (Wildman–Crippen MR) is 122 cm³/mol. The van der Waals surface area contributed by atoms with Crippen molar-refractivity contribution < 1.29 is 42.8 Å². The Bertz CT molecular complexity index is 1030. The van der Waals surface area contributed by atoms with Crippen LogP contribution in [-0.4, -0.2) is 71.4 Å². The second kappa shape index (κ2) is 9.93. The molecule has 0 unspecified atom stereocenters. The number of nitrogens with zero attached hydrogens (tertiary/aromatic N) is 1. The zero-order valence-corrected chi connectivity index (χ0v) is 20.2. The molecular weight excluding hydrogens is 490 g/mol. The van der Waals surface area contributed by atoms with E-state index in [1.54, 1.807) is 6.07 Å². The summed E-state index contributed by atoms with van der Waals surface area (Å²) in [5.74, 6) is -4.57. The van der Waals surface area contributed by atoms with E-state index in [1.165, 1.54) is 12.1 Å². The quantitative estimate of drug-likeness (QED) is 0.357. The first-order valence-corrected chi connectivity index (χ1v) is 11.6. The minimum atomic E-state index is -2.86. The number of nitrogens with one attached hydrogen (secondary N) is 1. The number of fused-ring (bicyclic) bond motifs is 1. The van der Waals surface area contributed by atoms with E-state index in [0.29, 0.717) is 5.02 Å². The summed E-state index contributed by atoms with van der Waals surface area (Å²) in [6, 6.07) is 4.44. The van der Waals surface area contributed by atoms with Crippen molar-refractivity contribution in [3.8, 4) is 0 Å². The number of quaternary nitrogens is 1. The molecule has 2 N–H and O–H groups in total. The van der Waals surface area contributed by atoms with Crippen LogP contribution < -0.4 is 5.32 Å². The highest BCUT2D eigenvalue weighted by molar-refractivity contribution is 6.68. The third-order valence-electron chi connectivity index (χ3n) is 6.09. The van der Waals surface area contributed by atoms with Crippen LogP contribution in [0, 0.1) is 5.92 Å². The van der Waals surface area contributed by atoms with Crippen molar-refractivity contribution in [3.63, 3.8) is 0 Å². The third-order valence-corrected chi connectivity index (χ3v) is 6.66. The summed E-state index contributed by atoms with van der Waals surface area (Å²) in [5, 5.41) is 12.7. The van der Waals surface area contributed by atoms with Gasteiger partial charge in [-0.25, -0.2) is 4.79 Å². The average Bonchev–Trinajstić information content (AvgIpc) is 3.11. The Morgan fingerprint density at radius 1 is 1.12 bits per heavy atom. The van der Waals surface area contributed by atoms with Gasteiger partial charge in [0.05, 0.1) is 11.0 Å². The molecule has 1 atom stereocenters. The summed E-state index contributed by atoms with van der Waals surface area (Å²) in [6.07, 6.45) is -0.141. The Hall–Kier alpha value is -2.63. The van der Waals surface area contributed by atoms with Crippen LogP contribution in [0.3, 0.4) is 0 Å². The molecule has 0 radical (unpaired) electrons. The maximum Gasteiger partial charge on any atom is 0.606 e. The first-order valence-electron chi connectivity index (χ1n) is 10.8. The molecule has 2 fully saturated rings. The number of Topliss-reactive ketones (excluding diaryl/α,β-unsaturated/α-hetero) is 1. The van der Waals surface area contributed by atoms with Crippen molar-refractivity contribution in [2.75, 3.05) is 19.6 Å². The first kappa shape index (κ1) is 26.0. The number of aliphatic carboxylic acids is 1. The number of carboxylic acids is 1. The normalized spacial score (nSPS) is 24.4. The Kier molecular flexibility index (Phi) is 7.59. The summed E-state index contributed by atoms with van der Waals surface area (Å²) in [6.45, 7) is -0.431. The highest BCUT2D eigenvalue weighted by atomic mass is 35.5. The van der Waals surface area contributed by atoms with Gasteiger partial charge in [0.25, 0.3) is 0 Å². The lowest BCUT2D eigenvalue weighted by molar-refractivity contribution is -0.808. The standard InChI is InChI=1S/C21H25BCl2N2O8/c1-12(2)7-17(22-26(9-19(29)30,10-20(31)33-22)11-21(32)34-22)25-18(28)6-5-16(27)14-8-13(23)3-4-15(14)24/h3-4,8,12,17H,5-7,9-11H2,1-2H3,(H,25,28)(H,29,30)/t17-,22?,26?/m0/s1. The molecule has 2 aliphatic rings. The van der Waals surface area contributed by atoms with Crippen LogP contribution >= 0.6 is 23.2 Å². The topological polar surface area (TPSA) is 136 Å². The molecule has 10 nitrogen and oxygen atoms in total. The lowest BCUT2D eigenvalue weighted by atomic mass is 9.57. The summed E-state index contributed by atoms with van der Waals surface area (Å²) in [5.41, 5.74) is 0.190. The van der Waals surface area contributed by atoms with Gasteiger partial charge in [0.15, 0.2) is 5.78 Å². The van der Waals surface area contributed by atoms with Crippen LogP contribution in [0.15, 0.2) is 18.2 Å². The molecule has 2 saturated heterocycles. The van der Waals surface area contributed by atoms with E-state index in [1.807, 2.05) is 13.8 Å². The van der Waals surface area contributed by atoms with Gasteiger partial charge in [-0.1, -0.05) is 37.0 Å². The maximum absolute atomic E-state index is 12.8. The van der Waals surface area contributed by atoms with Crippen LogP contribution in [-0.2, 0) is 28.5 Å². The number of hydrogen-bond donors (Lipinski definition) is 2. The smallest absolute Gasteiger partial charge is 0.599 e. The number of halogens is 2. The fourth-order valence-electron chi connectivity index (χ4n) is 4.77. The molecule has 1 aromatic rings. The molecule has 0 spiro atoms. The van der Waals surface area contributed by atoms with E-state index >= 15 is 0 Å². The number of carbonyl (C=O) groups excluding carboxylic acids is 4. The molecule has 1 aromatic carbocycles. The van der Waals surface area contributed by atoms with Crippen molar-refractivity contribution in [3.05, 3.63) is 33.8 Å². The van der Waals surface area contributed by atoms with E-state index in [2.05, 4.69) is 5.32 Å². The number of rotatable bonds is 10. The van der Waals surface area contributed by atoms with E-state index in [0.717, 1.165) is 0 Å². The fraction of sp³-hybridized carbons (Fsp3) is 0.476. The Balaban J connectivity index is 1.81. The second-order valence-corrected chi connectivity index (χ2v) is 9.99. The van der Waals surface area contributed by atoms with E-state index in [4.69, 9.17) is 32.5 Å². The number of amides is 1. The van der Waals surface area contributed by atoms with Gasteiger partial charge >= 0.3 is 24.6 Å². The molecule has 184 valence electrons. The lowest BCUT2D eigenvalue weighted by Gasteiger charge is -2.46. The molecule has 34 heavy (non-hydrogen) atoms. The van der Waals surface area contributed by atoms with Crippen molar-refractivity contribution in [1.82, 2.24) is 5.32 Å². The third kappa shape index (κ3) is 5.21. The SMILES string of the molecule is CC(C)C[C@H](NC(=O)CCC(=O)c1cc(Cl)ccc1Cl)[B-]12OC(=O)C[N+]1(CC(=O)O)CC(=O)O2. The highest BCUT2D eigenvalue weighted by Gasteiger charge is 2.71. The zero-order valence-electron chi connectivity index (χ0n) is 18.7. The number of ketones is 1. The minimum Gasteiger partial charge on any atom is -0.599 e. The van der Waals surface area contributed by atoms with Crippen molar-refractivity contribution in [2.24, 2.45) is 5.92 Å². The molecule has 13 heteroatoms. The summed E-state index contributed by atoms with van der Waals surface area (Å²) in [7, 11) is 0. The van der Waals surface area contributed by atoms with Crippen molar-refractivity contribution in [1.29, 1.82) is 0 Å². The van der Waals surface area contributed by atoms with Gasteiger partial charge in [-0.05, 0) is 30.5 Å². The van der Waals surface area contributed by atoms with E-state index < -0.39 is 47.4 Å². The number of carboxylic acid groups (broad SMARTS) is 1. The van der Waals surface area contributed by atoms with Crippen LogP contribution in [0.5, 0.6) is 0 Å². The van der Waals surface area contributed by atoms with E-state index in [9.17, 15) is 29.1 Å². The highest BCUT2D eigenvalue weighted by Crippen LogP contribution is 2.39. The molecule has 0 aliphatic carbocycles. The van der Waals surface area contributed by atoms with Crippen LogP contribution in [0.1, 0.15) is 43.5 Å². The summed E-state index contributed by atoms with van der Waals surface area (Å²) in [4.78, 5) is 61.5. The predicted octanol–water partition coefficient (Wildman–Crippen LogP) is 1.98. The Labute approximate surface area is 206 Å². The average molecular weight is 515 g/mol. The van der Waals surface area contributed by atoms with Gasteiger partial charge in [-0.3, -0.25) is 19.2 Å². The Morgan fingerprint density at radius 2 is 1.74 bits per heavy atom. The number of carbonyl (C=O) groups is 5. The zero-order chi connectivity index (χ0) is 25.3. The largest absolute Gasteiger partial charge is 0.606 e. The van der Waals surface area contributed by atoms with Gasteiger partial charge in [0, 0.05) is 23.4 Å². The summed E-state index contributed by atoms with van der Waals surface area (Å²) >= 11 is 12.0. The molecule has 0 bridgehead atoms.